The Balaban J connectivity index is 1.54. The van der Waals surface area contributed by atoms with Crippen LogP contribution < -0.4 is 5.32 Å². The van der Waals surface area contributed by atoms with Crippen molar-refractivity contribution < 1.29 is 28.2 Å². The molecule has 1 aliphatic rings. The molecule has 7 heteroatoms. The second-order valence-electron chi connectivity index (χ2n) is 7.54. The molecule has 0 saturated heterocycles. The largest absolute Gasteiger partial charge is 0.479 e. The number of carbonyl (C=O) groups is 2. The Bertz CT molecular complexity index is 1110. The standard InChI is InChI=1S/C24H19F2NO4/c1-24(22(28)29,14-10-15(25)12-16(26)11-14)27-23(30)31-13-21-19-8-4-2-6-17(19)18-7-3-5-9-20(18)21/h2-12,21H,13H2,1H3,(H,27,30)(H,28,29). The zero-order chi connectivity index (χ0) is 22.2. The maximum Gasteiger partial charge on any atom is 0.408 e. The van der Waals surface area contributed by atoms with Gasteiger partial charge >= 0.3 is 12.1 Å². The maximum absolute atomic E-state index is 13.6. The summed E-state index contributed by atoms with van der Waals surface area (Å²) in [6.07, 6.45) is -1.00. The zero-order valence-corrected chi connectivity index (χ0v) is 16.6. The number of nitrogens with one attached hydrogen (secondary N) is 1. The number of rotatable bonds is 5. The van der Waals surface area contributed by atoms with Gasteiger partial charge in [-0.25, -0.2) is 18.4 Å². The number of alkyl carbamates (subject to hydrolysis) is 1. The fourth-order valence-corrected chi connectivity index (χ4v) is 3.93. The molecule has 1 atom stereocenters. The summed E-state index contributed by atoms with van der Waals surface area (Å²) in [4.78, 5) is 24.4. The van der Waals surface area contributed by atoms with Crippen molar-refractivity contribution in [1.29, 1.82) is 0 Å². The van der Waals surface area contributed by atoms with E-state index in [1.807, 2.05) is 48.5 Å². The Morgan fingerprint density at radius 2 is 1.48 bits per heavy atom. The molecule has 0 aliphatic heterocycles. The normalized spacial score (nSPS) is 14.3. The molecule has 5 nitrogen and oxygen atoms in total. The molecular weight excluding hydrogens is 404 g/mol. The number of carboxylic acid groups (broad SMARTS) is 1. The molecule has 0 heterocycles. The highest BCUT2D eigenvalue weighted by Crippen LogP contribution is 2.44. The molecule has 3 aromatic rings. The predicted molar refractivity (Wildman–Crippen MR) is 110 cm³/mol. The van der Waals surface area contributed by atoms with Crippen LogP contribution in [-0.2, 0) is 15.1 Å². The quantitative estimate of drug-likeness (QED) is 0.618. The van der Waals surface area contributed by atoms with E-state index in [0.29, 0.717) is 6.07 Å². The molecule has 1 unspecified atom stereocenters. The van der Waals surface area contributed by atoms with Crippen LogP contribution in [0.5, 0.6) is 0 Å². The number of aliphatic carboxylic acids is 1. The van der Waals surface area contributed by atoms with Crippen LogP contribution in [0.2, 0.25) is 0 Å². The van der Waals surface area contributed by atoms with Crippen molar-refractivity contribution in [2.24, 2.45) is 0 Å². The highest BCUT2D eigenvalue weighted by Gasteiger charge is 2.39. The maximum atomic E-state index is 13.6. The summed E-state index contributed by atoms with van der Waals surface area (Å²) in [5.41, 5.74) is 1.79. The molecule has 1 aliphatic carbocycles. The molecule has 0 aromatic heterocycles. The lowest BCUT2D eigenvalue weighted by Crippen LogP contribution is -2.50. The average molecular weight is 423 g/mol. The van der Waals surface area contributed by atoms with Gasteiger partial charge in [0.05, 0.1) is 0 Å². The number of carbonyl (C=O) groups excluding carboxylic acids is 1. The molecular formula is C24H19F2NO4. The summed E-state index contributed by atoms with van der Waals surface area (Å²) in [5, 5.41) is 11.9. The minimum absolute atomic E-state index is 0.0208. The van der Waals surface area contributed by atoms with Gasteiger partial charge in [-0.2, -0.15) is 0 Å². The first-order valence-electron chi connectivity index (χ1n) is 9.62. The van der Waals surface area contributed by atoms with Crippen molar-refractivity contribution >= 4 is 12.1 Å². The van der Waals surface area contributed by atoms with E-state index >= 15 is 0 Å². The van der Waals surface area contributed by atoms with Gasteiger partial charge < -0.3 is 15.2 Å². The first-order valence-corrected chi connectivity index (χ1v) is 9.62. The van der Waals surface area contributed by atoms with Crippen LogP contribution in [0, 0.1) is 11.6 Å². The molecule has 3 aromatic carbocycles. The van der Waals surface area contributed by atoms with E-state index < -0.39 is 29.2 Å². The number of hydrogen-bond donors (Lipinski definition) is 2. The Kier molecular flexibility index (Phi) is 5.19. The minimum Gasteiger partial charge on any atom is -0.479 e. The Morgan fingerprint density at radius 1 is 0.968 bits per heavy atom. The molecule has 1 amide bonds. The van der Waals surface area contributed by atoms with Crippen molar-refractivity contribution in [3.05, 3.63) is 95.1 Å². The summed E-state index contributed by atoms with van der Waals surface area (Å²) in [6.45, 7) is 1.12. The van der Waals surface area contributed by atoms with Crippen molar-refractivity contribution in [1.82, 2.24) is 5.32 Å². The van der Waals surface area contributed by atoms with Crippen LogP contribution in [0.15, 0.2) is 66.7 Å². The van der Waals surface area contributed by atoms with Gasteiger partial charge in [-0.1, -0.05) is 48.5 Å². The second kappa shape index (κ2) is 7.83. The van der Waals surface area contributed by atoms with Gasteiger partial charge in [0.1, 0.15) is 18.2 Å². The molecule has 0 bridgehead atoms. The third-order valence-corrected chi connectivity index (χ3v) is 5.56. The summed E-state index contributed by atoms with van der Waals surface area (Å²) in [6, 6.07) is 17.9. The van der Waals surface area contributed by atoms with E-state index in [1.165, 1.54) is 0 Å². The van der Waals surface area contributed by atoms with Crippen molar-refractivity contribution in [2.45, 2.75) is 18.4 Å². The Morgan fingerprint density at radius 3 is 2.00 bits per heavy atom. The number of halogens is 2. The zero-order valence-electron chi connectivity index (χ0n) is 16.6. The van der Waals surface area contributed by atoms with Crippen LogP contribution in [0.1, 0.15) is 29.5 Å². The SMILES string of the molecule is CC(NC(=O)OCC1c2ccccc2-c2ccccc21)(C(=O)O)c1cc(F)cc(F)c1. The molecule has 0 saturated carbocycles. The third kappa shape index (κ3) is 3.74. The van der Waals surface area contributed by atoms with E-state index in [0.717, 1.165) is 41.3 Å². The van der Waals surface area contributed by atoms with Crippen molar-refractivity contribution in [2.75, 3.05) is 6.61 Å². The molecule has 4 rings (SSSR count). The first-order chi connectivity index (χ1) is 14.8. The minimum atomic E-state index is -2.08. The second-order valence-corrected chi connectivity index (χ2v) is 7.54. The van der Waals surface area contributed by atoms with Crippen LogP contribution in [0.4, 0.5) is 13.6 Å². The molecule has 0 fully saturated rings. The van der Waals surface area contributed by atoms with Gasteiger partial charge in [0.25, 0.3) is 0 Å². The Labute approximate surface area is 177 Å². The van der Waals surface area contributed by atoms with Crippen molar-refractivity contribution in [3.63, 3.8) is 0 Å². The van der Waals surface area contributed by atoms with E-state index in [9.17, 15) is 23.5 Å². The van der Waals surface area contributed by atoms with Crippen LogP contribution >= 0.6 is 0 Å². The van der Waals surface area contributed by atoms with E-state index in [4.69, 9.17) is 4.74 Å². The first kappa shape index (κ1) is 20.5. The monoisotopic (exact) mass is 423 g/mol. The third-order valence-electron chi connectivity index (χ3n) is 5.56. The predicted octanol–water partition coefficient (Wildman–Crippen LogP) is 4.80. The number of carboxylic acids is 1. The molecule has 31 heavy (non-hydrogen) atoms. The van der Waals surface area contributed by atoms with Gasteiger partial charge in [-0.05, 0) is 46.9 Å². The molecule has 2 N–H and O–H groups in total. The lowest BCUT2D eigenvalue weighted by Gasteiger charge is -2.27. The number of fused-ring (bicyclic) bond motifs is 3. The summed E-state index contributed by atoms with van der Waals surface area (Å²) in [7, 11) is 0. The van der Waals surface area contributed by atoms with Gasteiger partial charge in [-0.15, -0.1) is 0 Å². The topological polar surface area (TPSA) is 75.6 Å². The number of benzene rings is 3. The highest BCUT2D eigenvalue weighted by molar-refractivity contribution is 5.85. The Hall–Kier alpha value is -3.74. The van der Waals surface area contributed by atoms with Crippen LogP contribution in [0.25, 0.3) is 11.1 Å². The average Bonchev–Trinajstić information content (AvgIpc) is 3.05. The van der Waals surface area contributed by atoms with Gasteiger partial charge in [0, 0.05) is 12.0 Å². The summed E-state index contributed by atoms with van der Waals surface area (Å²) in [5.74, 6) is -3.58. The van der Waals surface area contributed by atoms with Gasteiger partial charge in [0.15, 0.2) is 5.54 Å². The summed E-state index contributed by atoms with van der Waals surface area (Å²) >= 11 is 0. The number of amides is 1. The molecule has 0 spiro atoms. The van der Waals surface area contributed by atoms with E-state index in [1.54, 1.807) is 0 Å². The van der Waals surface area contributed by atoms with E-state index in [-0.39, 0.29) is 18.1 Å². The van der Waals surface area contributed by atoms with Crippen LogP contribution in [0.3, 0.4) is 0 Å². The molecule has 0 radical (unpaired) electrons. The van der Waals surface area contributed by atoms with Gasteiger partial charge in [0.2, 0.25) is 0 Å². The van der Waals surface area contributed by atoms with Crippen molar-refractivity contribution in [3.8, 4) is 11.1 Å². The fraction of sp³-hybridized carbons (Fsp3) is 0.167. The smallest absolute Gasteiger partial charge is 0.408 e. The molecule has 158 valence electrons. The number of ether oxygens (including phenoxy) is 1. The van der Waals surface area contributed by atoms with Crippen LogP contribution in [-0.4, -0.2) is 23.8 Å². The lowest BCUT2D eigenvalue weighted by molar-refractivity contribution is -0.144. The van der Waals surface area contributed by atoms with Gasteiger partial charge in [-0.3, -0.25) is 0 Å². The highest BCUT2D eigenvalue weighted by atomic mass is 19.1. The summed E-state index contributed by atoms with van der Waals surface area (Å²) < 4.78 is 32.6. The fourth-order valence-electron chi connectivity index (χ4n) is 3.93. The lowest BCUT2D eigenvalue weighted by atomic mass is 9.92. The van der Waals surface area contributed by atoms with E-state index in [2.05, 4.69) is 5.32 Å². The number of hydrogen-bond acceptors (Lipinski definition) is 3.